The molecule has 3 amide bonds. The van der Waals surface area contributed by atoms with Gasteiger partial charge in [0.2, 0.25) is 0 Å². The monoisotopic (exact) mass is 254 g/mol. The number of amides is 3. The van der Waals surface area contributed by atoms with Crippen molar-refractivity contribution in [1.29, 1.82) is 0 Å². The number of aryl methyl sites for hydroxylation is 1. The zero-order chi connectivity index (χ0) is 14.0. The largest absolute Gasteiger partial charge is 0.478 e. The number of carboxylic acids is 1. The Bertz CT molecular complexity index is 520. The first-order valence-corrected chi connectivity index (χ1v) is 5.15. The molecule has 1 aromatic heterocycles. The SMILES string of the molecule is Cc1nn(C(C)C(=O)NC(N)=O)c(C)c1C(=O)O. The van der Waals surface area contributed by atoms with Gasteiger partial charge in [0.1, 0.15) is 11.6 Å². The van der Waals surface area contributed by atoms with Crippen LogP contribution in [0.15, 0.2) is 0 Å². The van der Waals surface area contributed by atoms with Gasteiger partial charge in [-0.05, 0) is 20.8 Å². The molecule has 0 aliphatic carbocycles. The maximum atomic E-state index is 11.6. The first-order chi connectivity index (χ1) is 8.25. The van der Waals surface area contributed by atoms with Crippen molar-refractivity contribution in [3.05, 3.63) is 17.0 Å². The Kier molecular flexibility index (Phi) is 3.70. The van der Waals surface area contributed by atoms with Crippen LogP contribution in [0.3, 0.4) is 0 Å². The molecule has 8 heteroatoms. The summed E-state index contributed by atoms with van der Waals surface area (Å²) in [5, 5.41) is 14.9. The number of imide groups is 1. The Labute approximate surface area is 103 Å². The molecule has 8 nitrogen and oxygen atoms in total. The lowest BCUT2D eigenvalue weighted by molar-refractivity contribution is -0.123. The number of aromatic carboxylic acids is 1. The lowest BCUT2D eigenvalue weighted by atomic mass is 10.2. The Morgan fingerprint density at radius 3 is 2.33 bits per heavy atom. The highest BCUT2D eigenvalue weighted by atomic mass is 16.4. The molecular weight excluding hydrogens is 240 g/mol. The molecule has 1 heterocycles. The van der Waals surface area contributed by atoms with Gasteiger partial charge in [0, 0.05) is 0 Å². The average molecular weight is 254 g/mol. The van der Waals surface area contributed by atoms with Crippen molar-refractivity contribution in [3.8, 4) is 0 Å². The summed E-state index contributed by atoms with van der Waals surface area (Å²) >= 11 is 0. The molecule has 0 radical (unpaired) electrons. The Morgan fingerprint density at radius 2 is 1.94 bits per heavy atom. The third-order valence-corrected chi connectivity index (χ3v) is 2.53. The molecule has 0 saturated carbocycles. The fourth-order valence-corrected chi connectivity index (χ4v) is 1.69. The minimum atomic E-state index is -1.11. The van der Waals surface area contributed by atoms with E-state index in [0.717, 1.165) is 0 Å². The molecular formula is C10H14N4O4. The quantitative estimate of drug-likeness (QED) is 0.697. The van der Waals surface area contributed by atoms with Gasteiger partial charge in [0.15, 0.2) is 0 Å². The van der Waals surface area contributed by atoms with Crippen LogP contribution < -0.4 is 11.1 Å². The number of nitrogens with zero attached hydrogens (tertiary/aromatic N) is 2. The van der Waals surface area contributed by atoms with E-state index in [1.165, 1.54) is 25.5 Å². The highest BCUT2D eigenvalue weighted by Gasteiger charge is 2.24. The number of aromatic nitrogens is 2. The first-order valence-electron chi connectivity index (χ1n) is 5.15. The van der Waals surface area contributed by atoms with E-state index in [0.29, 0.717) is 11.4 Å². The van der Waals surface area contributed by atoms with Crippen LogP contribution in [0.25, 0.3) is 0 Å². The lowest BCUT2D eigenvalue weighted by Crippen LogP contribution is -2.39. The van der Waals surface area contributed by atoms with Gasteiger partial charge in [-0.1, -0.05) is 0 Å². The van der Waals surface area contributed by atoms with Crippen molar-refractivity contribution in [2.45, 2.75) is 26.8 Å². The molecule has 1 unspecified atom stereocenters. The molecule has 0 aromatic carbocycles. The average Bonchev–Trinajstić information content (AvgIpc) is 2.51. The van der Waals surface area contributed by atoms with E-state index in [4.69, 9.17) is 10.8 Å². The summed E-state index contributed by atoms with van der Waals surface area (Å²) in [6.45, 7) is 4.56. The van der Waals surface area contributed by atoms with Gasteiger partial charge in [0.05, 0.1) is 11.4 Å². The number of nitrogens with one attached hydrogen (secondary N) is 1. The predicted octanol–water partition coefficient (Wildman–Crippen LogP) is -0.0460. The van der Waals surface area contributed by atoms with Crippen molar-refractivity contribution in [2.24, 2.45) is 5.73 Å². The topological polar surface area (TPSA) is 127 Å². The van der Waals surface area contributed by atoms with Gasteiger partial charge in [-0.2, -0.15) is 5.10 Å². The highest BCUT2D eigenvalue weighted by Crippen LogP contribution is 2.17. The standard InChI is InChI=1S/C10H14N4O4/c1-4-7(9(16)17)5(2)14(13-4)6(3)8(15)12-10(11)18/h6H,1-3H3,(H,16,17)(H3,11,12,15,18). The van der Waals surface area contributed by atoms with E-state index in [2.05, 4.69) is 5.10 Å². The zero-order valence-corrected chi connectivity index (χ0v) is 10.2. The molecule has 18 heavy (non-hydrogen) atoms. The van der Waals surface area contributed by atoms with Crippen LogP contribution in [0.2, 0.25) is 0 Å². The van der Waals surface area contributed by atoms with Crippen LogP contribution in [0.5, 0.6) is 0 Å². The maximum Gasteiger partial charge on any atom is 0.339 e. The van der Waals surface area contributed by atoms with E-state index < -0.39 is 23.9 Å². The predicted molar refractivity (Wildman–Crippen MR) is 61.1 cm³/mol. The highest BCUT2D eigenvalue weighted by molar-refractivity contribution is 5.95. The Balaban J connectivity index is 3.11. The van der Waals surface area contributed by atoms with Gasteiger partial charge >= 0.3 is 12.0 Å². The number of carbonyl (C=O) groups excluding carboxylic acids is 2. The lowest BCUT2D eigenvalue weighted by Gasteiger charge is -2.12. The number of carboxylic acid groups (broad SMARTS) is 1. The molecule has 0 aliphatic heterocycles. The summed E-state index contributed by atoms with van der Waals surface area (Å²) < 4.78 is 1.25. The van der Waals surface area contributed by atoms with Gasteiger partial charge in [-0.15, -0.1) is 0 Å². The molecule has 0 saturated heterocycles. The Morgan fingerprint density at radius 1 is 1.39 bits per heavy atom. The summed E-state index contributed by atoms with van der Waals surface area (Å²) in [5.41, 5.74) is 5.53. The number of urea groups is 1. The second-order valence-electron chi connectivity index (χ2n) is 3.83. The van der Waals surface area contributed by atoms with Crippen LogP contribution in [0.4, 0.5) is 4.79 Å². The number of nitrogens with two attached hydrogens (primary N) is 1. The van der Waals surface area contributed by atoms with Gasteiger partial charge < -0.3 is 10.8 Å². The molecule has 0 aliphatic rings. The van der Waals surface area contributed by atoms with Crippen molar-refractivity contribution < 1.29 is 19.5 Å². The summed E-state index contributed by atoms with van der Waals surface area (Å²) in [6.07, 6.45) is 0. The molecule has 98 valence electrons. The maximum absolute atomic E-state index is 11.6. The summed E-state index contributed by atoms with van der Waals surface area (Å²) in [5.74, 6) is -1.76. The van der Waals surface area contributed by atoms with Gasteiger partial charge in [-0.25, -0.2) is 9.59 Å². The molecule has 0 fully saturated rings. The number of rotatable bonds is 3. The number of carbonyl (C=O) groups is 3. The van der Waals surface area contributed by atoms with E-state index in [9.17, 15) is 14.4 Å². The number of hydrogen-bond donors (Lipinski definition) is 3. The van der Waals surface area contributed by atoms with Crippen molar-refractivity contribution >= 4 is 17.9 Å². The summed E-state index contributed by atoms with van der Waals surface area (Å²) in [6, 6.07) is -1.80. The third-order valence-electron chi connectivity index (χ3n) is 2.53. The molecule has 0 spiro atoms. The summed E-state index contributed by atoms with van der Waals surface area (Å²) in [7, 11) is 0. The van der Waals surface area contributed by atoms with E-state index in [-0.39, 0.29) is 5.56 Å². The minimum absolute atomic E-state index is 0.0497. The van der Waals surface area contributed by atoms with Crippen LogP contribution >= 0.6 is 0 Å². The van der Waals surface area contributed by atoms with Crippen LogP contribution in [-0.4, -0.2) is 32.8 Å². The van der Waals surface area contributed by atoms with Crippen molar-refractivity contribution in [3.63, 3.8) is 0 Å². The molecule has 1 rings (SSSR count). The zero-order valence-electron chi connectivity index (χ0n) is 10.2. The molecule has 1 atom stereocenters. The van der Waals surface area contributed by atoms with Gasteiger partial charge in [0.25, 0.3) is 5.91 Å². The number of primary amides is 1. The van der Waals surface area contributed by atoms with Crippen molar-refractivity contribution in [2.75, 3.05) is 0 Å². The second-order valence-corrected chi connectivity index (χ2v) is 3.83. The van der Waals surface area contributed by atoms with Crippen molar-refractivity contribution in [1.82, 2.24) is 15.1 Å². The second kappa shape index (κ2) is 4.86. The van der Waals surface area contributed by atoms with Gasteiger partial charge in [-0.3, -0.25) is 14.8 Å². The fourth-order valence-electron chi connectivity index (χ4n) is 1.69. The third kappa shape index (κ3) is 2.47. The van der Waals surface area contributed by atoms with Crippen LogP contribution in [-0.2, 0) is 4.79 Å². The smallest absolute Gasteiger partial charge is 0.339 e. The number of hydrogen-bond acceptors (Lipinski definition) is 4. The summed E-state index contributed by atoms with van der Waals surface area (Å²) in [4.78, 5) is 33.2. The normalized spacial score (nSPS) is 11.9. The van der Waals surface area contributed by atoms with E-state index >= 15 is 0 Å². The molecule has 0 bridgehead atoms. The molecule has 4 N–H and O–H groups in total. The molecule has 1 aromatic rings. The van der Waals surface area contributed by atoms with E-state index in [1.807, 2.05) is 5.32 Å². The minimum Gasteiger partial charge on any atom is -0.478 e. The van der Waals surface area contributed by atoms with Crippen LogP contribution in [0, 0.1) is 13.8 Å². The van der Waals surface area contributed by atoms with E-state index in [1.54, 1.807) is 0 Å². The van der Waals surface area contributed by atoms with Crippen LogP contribution in [0.1, 0.15) is 34.7 Å². The Hall–Kier alpha value is -2.38. The fraction of sp³-hybridized carbons (Fsp3) is 0.400. The first kappa shape index (κ1) is 13.7.